The zero-order valence-electron chi connectivity index (χ0n) is 18.3. The van der Waals surface area contributed by atoms with Crippen LogP contribution in [0.25, 0.3) is 0 Å². The van der Waals surface area contributed by atoms with Crippen molar-refractivity contribution in [1.29, 1.82) is 0 Å². The molecule has 3 N–H and O–H groups in total. The van der Waals surface area contributed by atoms with Gasteiger partial charge in [0.1, 0.15) is 0 Å². The average molecular weight is 405 g/mol. The van der Waals surface area contributed by atoms with Gasteiger partial charge < -0.3 is 25.4 Å². The zero-order chi connectivity index (χ0) is 21.1. The van der Waals surface area contributed by atoms with E-state index in [0.717, 1.165) is 36.8 Å². The molecule has 0 spiro atoms. The van der Waals surface area contributed by atoms with Crippen molar-refractivity contribution in [3.05, 3.63) is 23.8 Å². The lowest BCUT2D eigenvalue weighted by Gasteiger charge is -2.37. The van der Waals surface area contributed by atoms with Crippen molar-refractivity contribution < 1.29 is 14.3 Å². The fourth-order valence-electron chi connectivity index (χ4n) is 3.92. The second-order valence-electron chi connectivity index (χ2n) is 7.52. The number of guanidine groups is 1. The number of hydrogen-bond donors (Lipinski definition) is 3. The van der Waals surface area contributed by atoms with Crippen LogP contribution in [-0.4, -0.2) is 52.3 Å². The molecule has 7 nitrogen and oxygen atoms in total. The Bertz CT molecular complexity index is 685. The van der Waals surface area contributed by atoms with Crippen LogP contribution in [0.5, 0.6) is 11.5 Å². The van der Waals surface area contributed by atoms with Crippen LogP contribution in [0.4, 0.5) is 0 Å². The molecule has 1 saturated carbocycles. The molecule has 1 aliphatic rings. The minimum atomic E-state index is -0.0247. The molecule has 0 atom stereocenters. The van der Waals surface area contributed by atoms with Crippen molar-refractivity contribution >= 4 is 11.9 Å². The number of amides is 1. The molecule has 162 valence electrons. The summed E-state index contributed by atoms with van der Waals surface area (Å²) >= 11 is 0. The summed E-state index contributed by atoms with van der Waals surface area (Å²) in [7, 11) is 3.34. The van der Waals surface area contributed by atoms with Crippen molar-refractivity contribution in [3.8, 4) is 11.5 Å². The molecule has 0 unspecified atom stereocenters. The topological polar surface area (TPSA) is 84.0 Å². The van der Waals surface area contributed by atoms with Gasteiger partial charge in [0, 0.05) is 32.0 Å². The molecule has 0 radical (unpaired) electrons. The minimum Gasteiger partial charge on any atom is -0.493 e. The number of aliphatic imine (C=N–C) groups is 1. The minimum absolute atomic E-state index is 0.00220. The summed E-state index contributed by atoms with van der Waals surface area (Å²) < 4.78 is 11.0. The second kappa shape index (κ2) is 11.5. The molecule has 0 aliphatic heterocycles. The summed E-state index contributed by atoms with van der Waals surface area (Å²) in [6.07, 6.45) is 5.90. The Balaban J connectivity index is 2.19. The Kier molecular flexibility index (Phi) is 9.09. The Morgan fingerprint density at radius 1 is 1.03 bits per heavy atom. The number of ether oxygens (including phenoxy) is 2. The van der Waals surface area contributed by atoms with Crippen molar-refractivity contribution in [2.24, 2.45) is 4.99 Å². The number of methoxy groups -OCH3 is 2. The predicted octanol–water partition coefficient (Wildman–Crippen LogP) is 2.60. The Labute approximate surface area is 174 Å². The van der Waals surface area contributed by atoms with Crippen LogP contribution < -0.4 is 25.4 Å². The molecule has 29 heavy (non-hydrogen) atoms. The van der Waals surface area contributed by atoms with E-state index in [4.69, 9.17) is 14.5 Å². The normalized spacial score (nSPS) is 16.1. The molecule has 0 heterocycles. The summed E-state index contributed by atoms with van der Waals surface area (Å²) in [5.41, 5.74) is 1.25. The third-order valence-electron chi connectivity index (χ3n) is 5.48. The number of benzene rings is 1. The third kappa shape index (κ3) is 6.54. The lowest BCUT2D eigenvalue weighted by molar-refractivity contribution is -0.118. The number of nitrogens with zero attached hydrogens (tertiary/aromatic N) is 1. The average Bonchev–Trinajstić information content (AvgIpc) is 2.74. The van der Waals surface area contributed by atoms with Crippen molar-refractivity contribution in [2.45, 2.75) is 51.4 Å². The predicted molar refractivity (Wildman–Crippen MR) is 117 cm³/mol. The molecule has 1 fully saturated rings. The number of carbonyl (C=O) groups excluding carboxylic acids is 1. The summed E-state index contributed by atoms with van der Waals surface area (Å²) in [5.74, 6) is 2.27. The largest absolute Gasteiger partial charge is 0.493 e. The summed E-state index contributed by atoms with van der Waals surface area (Å²) in [4.78, 5) is 15.9. The number of hydrogen-bond acceptors (Lipinski definition) is 4. The highest BCUT2D eigenvalue weighted by Gasteiger charge is 2.34. The van der Waals surface area contributed by atoms with Crippen LogP contribution in [0, 0.1) is 0 Å². The molecule has 1 aliphatic carbocycles. The highest BCUT2D eigenvalue weighted by Crippen LogP contribution is 2.42. The van der Waals surface area contributed by atoms with E-state index in [0.29, 0.717) is 19.6 Å². The van der Waals surface area contributed by atoms with E-state index in [2.05, 4.69) is 35.0 Å². The molecule has 0 saturated heterocycles. The van der Waals surface area contributed by atoms with E-state index in [-0.39, 0.29) is 11.3 Å². The van der Waals surface area contributed by atoms with Gasteiger partial charge in [-0.3, -0.25) is 9.79 Å². The van der Waals surface area contributed by atoms with Gasteiger partial charge in [0.2, 0.25) is 5.91 Å². The van der Waals surface area contributed by atoms with E-state index in [1.807, 2.05) is 6.07 Å². The first kappa shape index (κ1) is 22.8. The van der Waals surface area contributed by atoms with Gasteiger partial charge in [-0.2, -0.15) is 0 Å². The summed E-state index contributed by atoms with van der Waals surface area (Å²) in [6, 6.07) is 6.25. The van der Waals surface area contributed by atoms with Crippen LogP contribution in [0.3, 0.4) is 0 Å². The van der Waals surface area contributed by atoms with Crippen molar-refractivity contribution in [3.63, 3.8) is 0 Å². The standard InChI is InChI=1S/C22H36N4O3/c1-5-23-21(25-14-13-24-17(2)27)26-16-22(11-7-6-8-12-22)18-9-10-19(28-3)20(15-18)29-4/h9-10,15H,5-8,11-14,16H2,1-4H3,(H,24,27)(H2,23,25,26). The Morgan fingerprint density at radius 3 is 2.34 bits per heavy atom. The summed E-state index contributed by atoms with van der Waals surface area (Å²) in [5, 5.41) is 9.40. The fourth-order valence-corrected chi connectivity index (χ4v) is 3.92. The van der Waals surface area contributed by atoms with Gasteiger partial charge in [0.05, 0.1) is 20.8 Å². The molecule has 7 heteroatoms. The molecular weight excluding hydrogens is 368 g/mol. The second-order valence-corrected chi connectivity index (χ2v) is 7.52. The zero-order valence-corrected chi connectivity index (χ0v) is 18.3. The van der Waals surface area contributed by atoms with Gasteiger partial charge in [-0.1, -0.05) is 25.3 Å². The molecule has 2 rings (SSSR count). The van der Waals surface area contributed by atoms with Gasteiger partial charge in [-0.05, 0) is 37.5 Å². The smallest absolute Gasteiger partial charge is 0.216 e. The maximum absolute atomic E-state index is 11.0. The first-order valence-corrected chi connectivity index (χ1v) is 10.5. The lowest BCUT2D eigenvalue weighted by Crippen LogP contribution is -2.42. The molecular formula is C22H36N4O3. The summed E-state index contributed by atoms with van der Waals surface area (Å²) in [6.45, 7) is 6.27. The Morgan fingerprint density at radius 2 is 1.72 bits per heavy atom. The van der Waals surface area contributed by atoms with Gasteiger partial charge in [-0.25, -0.2) is 0 Å². The highest BCUT2D eigenvalue weighted by molar-refractivity contribution is 5.80. The van der Waals surface area contributed by atoms with Crippen LogP contribution in [0.2, 0.25) is 0 Å². The van der Waals surface area contributed by atoms with Crippen LogP contribution >= 0.6 is 0 Å². The third-order valence-corrected chi connectivity index (χ3v) is 5.48. The van der Waals surface area contributed by atoms with E-state index >= 15 is 0 Å². The van der Waals surface area contributed by atoms with Gasteiger partial charge in [0.25, 0.3) is 0 Å². The van der Waals surface area contributed by atoms with Crippen LogP contribution in [0.15, 0.2) is 23.2 Å². The maximum Gasteiger partial charge on any atom is 0.216 e. The Hall–Kier alpha value is -2.44. The monoisotopic (exact) mass is 404 g/mol. The van der Waals surface area contributed by atoms with Gasteiger partial charge in [0.15, 0.2) is 17.5 Å². The molecule has 1 amide bonds. The number of nitrogens with one attached hydrogen (secondary N) is 3. The number of rotatable bonds is 9. The van der Waals surface area contributed by atoms with Crippen LogP contribution in [0.1, 0.15) is 51.5 Å². The lowest BCUT2D eigenvalue weighted by atomic mass is 9.69. The molecule has 1 aromatic rings. The molecule has 1 aromatic carbocycles. The first-order chi connectivity index (χ1) is 14.0. The van der Waals surface area contributed by atoms with E-state index in [1.54, 1.807) is 14.2 Å². The molecule has 0 aromatic heterocycles. The van der Waals surface area contributed by atoms with Crippen molar-refractivity contribution in [2.75, 3.05) is 40.4 Å². The van der Waals surface area contributed by atoms with Gasteiger partial charge >= 0.3 is 0 Å². The number of carbonyl (C=O) groups is 1. The van der Waals surface area contributed by atoms with E-state index in [1.165, 1.54) is 31.7 Å². The van der Waals surface area contributed by atoms with Crippen LogP contribution in [-0.2, 0) is 10.2 Å². The van der Waals surface area contributed by atoms with E-state index in [9.17, 15) is 4.79 Å². The SMILES string of the molecule is CCNC(=NCC1(c2ccc(OC)c(OC)c2)CCCCC1)NCCNC(C)=O. The van der Waals surface area contributed by atoms with Gasteiger partial charge in [-0.15, -0.1) is 0 Å². The maximum atomic E-state index is 11.0. The van der Waals surface area contributed by atoms with E-state index < -0.39 is 0 Å². The highest BCUT2D eigenvalue weighted by atomic mass is 16.5. The molecule has 0 bridgehead atoms. The fraction of sp³-hybridized carbons (Fsp3) is 0.636. The first-order valence-electron chi connectivity index (χ1n) is 10.5. The quantitative estimate of drug-likeness (QED) is 0.335. The van der Waals surface area contributed by atoms with Crippen molar-refractivity contribution in [1.82, 2.24) is 16.0 Å².